The Morgan fingerprint density at radius 2 is 1.82 bits per heavy atom. The van der Waals surface area contributed by atoms with Crippen LogP contribution in [-0.2, 0) is 19.1 Å². The van der Waals surface area contributed by atoms with Crippen molar-refractivity contribution in [3.8, 4) is 0 Å². The summed E-state index contributed by atoms with van der Waals surface area (Å²) in [6.07, 6.45) is 4.86. The normalized spacial score (nSPS) is 29.9. The molecule has 3 aliphatic heterocycles. The second-order valence-corrected chi connectivity index (χ2v) is 11.7. The SMILES string of the molecule is C=CCN(C)C(=O)[C@@H]1[C@H]2C(=O)N([C@@H](CO)C(C)C)C(C(=O)N(CC=C)c3ccc(Cl)cc3)C23CC[C@@]1(CC)O3. The van der Waals surface area contributed by atoms with Gasteiger partial charge in [0.1, 0.15) is 11.6 Å². The number of anilines is 1. The van der Waals surface area contributed by atoms with Crippen LogP contribution in [0.3, 0.4) is 0 Å². The Hall–Kier alpha value is -2.68. The average Bonchev–Trinajstić information content (AvgIpc) is 3.51. The minimum atomic E-state index is -1.19. The van der Waals surface area contributed by atoms with E-state index in [-0.39, 0.29) is 36.8 Å². The van der Waals surface area contributed by atoms with Crippen molar-refractivity contribution in [1.29, 1.82) is 0 Å². The van der Waals surface area contributed by atoms with Crippen molar-refractivity contribution in [3.63, 3.8) is 0 Å². The van der Waals surface area contributed by atoms with Crippen molar-refractivity contribution < 1.29 is 24.2 Å². The molecule has 0 aliphatic carbocycles. The number of hydrogen-bond donors (Lipinski definition) is 1. The first-order valence-electron chi connectivity index (χ1n) is 13.7. The van der Waals surface area contributed by atoms with Gasteiger partial charge in [0.25, 0.3) is 5.91 Å². The molecule has 39 heavy (non-hydrogen) atoms. The lowest BCUT2D eigenvalue weighted by molar-refractivity contribution is -0.153. The van der Waals surface area contributed by atoms with Crippen LogP contribution in [0.25, 0.3) is 0 Å². The number of carbonyl (C=O) groups is 3. The predicted octanol–water partition coefficient (Wildman–Crippen LogP) is 3.68. The van der Waals surface area contributed by atoms with E-state index in [1.54, 1.807) is 53.3 Å². The Morgan fingerprint density at radius 1 is 1.18 bits per heavy atom. The van der Waals surface area contributed by atoms with Crippen LogP contribution in [0.1, 0.15) is 40.0 Å². The molecular weight excluding hydrogens is 518 g/mol. The zero-order valence-electron chi connectivity index (χ0n) is 23.3. The minimum Gasteiger partial charge on any atom is -0.394 e. The van der Waals surface area contributed by atoms with Gasteiger partial charge in [0, 0.05) is 30.8 Å². The Balaban J connectivity index is 1.88. The summed E-state index contributed by atoms with van der Waals surface area (Å²) in [5, 5.41) is 11.0. The Labute approximate surface area is 236 Å². The third kappa shape index (κ3) is 4.50. The number of hydrogen-bond acceptors (Lipinski definition) is 5. The van der Waals surface area contributed by atoms with Crippen LogP contribution < -0.4 is 4.90 Å². The highest BCUT2D eigenvalue weighted by Crippen LogP contribution is 2.65. The van der Waals surface area contributed by atoms with Crippen LogP contribution in [0, 0.1) is 17.8 Å². The first-order chi connectivity index (χ1) is 18.5. The molecule has 3 heterocycles. The van der Waals surface area contributed by atoms with Crippen molar-refractivity contribution in [1.82, 2.24) is 9.80 Å². The number of carbonyl (C=O) groups excluding carboxylic acids is 3. The number of fused-ring (bicyclic) bond motifs is 1. The fourth-order valence-electron chi connectivity index (χ4n) is 7.03. The van der Waals surface area contributed by atoms with Gasteiger partial charge >= 0.3 is 0 Å². The zero-order valence-corrected chi connectivity index (χ0v) is 24.1. The van der Waals surface area contributed by atoms with Crippen LogP contribution in [0.2, 0.25) is 5.02 Å². The third-order valence-electron chi connectivity index (χ3n) is 8.93. The van der Waals surface area contributed by atoms with E-state index < -0.39 is 35.1 Å². The maximum atomic E-state index is 14.6. The maximum absolute atomic E-state index is 14.6. The second kappa shape index (κ2) is 11.1. The molecule has 3 aliphatic rings. The van der Waals surface area contributed by atoms with Crippen LogP contribution >= 0.6 is 11.6 Å². The highest BCUT2D eigenvalue weighted by molar-refractivity contribution is 6.30. The molecule has 4 rings (SSSR count). The summed E-state index contributed by atoms with van der Waals surface area (Å²) in [6, 6.07) is 5.28. The molecule has 3 fully saturated rings. The molecule has 1 aromatic carbocycles. The molecule has 1 aromatic rings. The molecule has 1 N–H and O–H groups in total. The van der Waals surface area contributed by atoms with E-state index in [0.717, 1.165) is 0 Å². The molecule has 0 aromatic heterocycles. The van der Waals surface area contributed by atoms with Gasteiger partial charge in [-0.05, 0) is 49.4 Å². The fourth-order valence-corrected chi connectivity index (χ4v) is 7.16. The van der Waals surface area contributed by atoms with E-state index >= 15 is 0 Å². The largest absolute Gasteiger partial charge is 0.394 e. The first-order valence-corrected chi connectivity index (χ1v) is 14.1. The maximum Gasteiger partial charge on any atom is 0.253 e. The van der Waals surface area contributed by atoms with E-state index in [9.17, 15) is 19.5 Å². The fraction of sp³-hybridized carbons (Fsp3) is 0.567. The Bertz CT molecular complexity index is 1140. The summed E-state index contributed by atoms with van der Waals surface area (Å²) in [6.45, 7) is 13.6. The van der Waals surface area contributed by atoms with Gasteiger partial charge in [-0.3, -0.25) is 14.4 Å². The van der Waals surface area contributed by atoms with E-state index in [1.807, 2.05) is 20.8 Å². The van der Waals surface area contributed by atoms with Crippen molar-refractivity contribution in [2.75, 3.05) is 31.6 Å². The molecule has 3 saturated heterocycles. The van der Waals surface area contributed by atoms with Crippen LogP contribution in [0.5, 0.6) is 0 Å². The smallest absolute Gasteiger partial charge is 0.253 e. The van der Waals surface area contributed by atoms with E-state index in [2.05, 4.69) is 13.2 Å². The molecule has 0 radical (unpaired) electrons. The Kier molecular flexibility index (Phi) is 8.31. The number of likely N-dealkylation sites (tertiary alicyclic amines) is 1. The highest BCUT2D eigenvalue weighted by Gasteiger charge is 2.79. The molecule has 3 amide bonds. The van der Waals surface area contributed by atoms with Crippen molar-refractivity contribution >= 4 is 35.0 Å². The molecular formula is C30H40ClN3O5. The summed E-state index contributed by atoms with van der Waals surface area (Å²) >= 11 is 6.12. The molecule has 2 unspecified atom stereocenters. The van der Waals surface area contributed by atoms with Gasteiger partial charge in [-0.2, -0.15) is 0 Å². The van der Waals surface area contributed by atoms with Crippen LogP contribution in [0.15, 0.2) is 49.6 Å². The van der Waals surface area contributed by atoms with Crippen molar-refractivity contribution in [2.45, 2.75) is 63.3 Å². The Morgan fingerprint density at radius 3 is 2.36 bits per heavy atom. The summed E-state index contributed by atoms with van der Waals surface area (Å²) < 4.78 is 6.86. The van der Waals surface area contributed by atoms with Gasteiger partial charge in [0.05, 0.1) is 30.1 Å². The summed E-state index contributed by atoms with van der Waals surface area (Å²) in [5.74, 6) is -2.52. The topological polar surface area (TPSA) is 90.4 Å². The lowest BCUT2D eigenvalue weighted by Crippen LogP contribution is -2.60. The number of rotatable bonds is 11. The number of aliphatic hydroxyl groups is 1. The number of nitrogens with zero attached hydrogens (tertiary/aromatic N) is 3. The van der Waals surface area contributed by atoms with Gasteiger partial charge in [-0.25, -0.2) is 0 Å². The molecule has 1 spiro atoms. The quantitative estimate of drug-likeness (QED) is 0.419. The molecule has 9 heteroatoms. The van der Waals surface area contributed by atoms with E-state index in [1.165, 1.54) is 4.90 Å². The zero-order chi connectivity index (χ0) is 28.7. The standard InChI is InChI=1S/C30H40ClN3O5/c1-7-16-32(6)26(36)23-24-27(37)34(22(18-35)19(4)5)25(30(24)15-14-29(23,9-3)39-30)28(38)33(17-8-2)21-12-10-20(31)11-13-21/h7-8,10-13,19,22-25,35H,1-2,9,14-18H2,3-6H3/t22-,23-,24-,25?,29+,30?/m0/s1. The van der Waals surface area contributed by atoms with Crippen molar-refractivity contribution in [2.24, 2.45) is 17.8 Å². The number of aliphatic hydroxyl groups excluding tert-OH is 1. The highest BCUT2D eigenvalue weighted by atomic mass is 35.5. The lowest BCUT2D eigenvalue weighted by atomic mass is 9.64. The molecule has 212 valence electrons. The summed E-state index contributed by atoms with van der Waals surface area (Å²) in [4.78, 5) is 47.6. The molecule has 6 atom stereocenters. The van der Waals surface area contributed by atoms with Crippen LogP contribution in [-0.4, -0.2) is 82.7 Å². The number of likely N-dealkylation sites (N-methyl/N-ethyl adjacent to an activating group) is 1. The number of ether oxygens (including phenoxy) is 1. The average molecular weight is 558 g/mol. The molecule has 2 bridgehead atoms. The van der Waals surface area contributed by atoms with Gasteiger partial charge < -0.3 is 24.5 Å². The predicted molar refractivity (Wildman–Crippen MR) is 151 cm³/mol. The van der Waals surface area contributed by atoms with E-state index in [0.29, 0.717) is 36.5 Å². The van der Waals surface area contributed by atoms with Gasteiger partial charge in [-0.1, -0.05) is 44.5 Å². The third-order valence-corrected chi connectivity index (χ3v) is 9.18. The minimum absolute atomic E-state index is 0.136. The summed E-state index contributed by atoms with van der Waals surface area (Å²) in [5.41, 5.74) is -1.42. The van der Waals surface area contributed by atoms with Crippen molar-refractivity contribution in [3.05, 3.63) is 54.6 Å². The number of amides is 3. The second-order valence-electron chi connectivity index (χ2n) is 11.3. The van der Waals surface area contributed by atoms with Crippen LogP contribution in [0.4, 0.5) is 5.69 Å². The van der Waals surface area contributed by atoms with Gasteiger partial charge in [-0.15, -0.1) is 13.2 Å². The first kappa shape index (κ1) is 29.3. The summed E-state index contributed by atoms with van der Waals surface area (Å²) in [7, 11) is 1.70. The van der Waals surface area contributed by atoms with Gasteiger partial charge in [0.2, 0.25) is 11.8 Å². The number of halogens is 1. The molecule has 8 nitrogen and oxygen atoms in total. The number of benzene rings is 1. The van der Waals surface area contributed by atoms with E-state index in [4.69, 9.17) is 16.3 Å². The monoisotopic (exact) mass is 557 g/mol. The lowest BCUT2D eigenvalue weighted by Gasteiger charge is -2.40. The molecule has 0 saturated carbocycles. The van der Waals surface area contributed by atoms with Gasteiger partial charge in [0.15, 0.2) is 0 Å².